The van der Waals surface area contributed by atoms with Crippen LogP contribution in [0.2, 0.25) is 8.67 Å². The fourth-order valence-corrected chi connectivity index (χ4v) is 7.81. The molecule has 0 aliphatic carbocycles. The van der Waals surface area contributed by atoms with E-state index in [0.717, 1.165) is 17.0 Å². The average molecular weight is 527 g/mol. The first-order valence-corrected chi connectivity index (χ1v) is 12.2. The molecule has 1 aliphatic rings. The van der Waals surface area contributed by atoms with Gasteiger partial charge in [-0.1, -0.05) is 41.4 Å². The monoisotopic (exact) mass is 525 g/mol. The molecule has 152 valence electrons. The standard InChI is InChI=1S/C17H18BrCl2N3O3S2/c1-21(12-5-3-2-4-6-12)13(24)11-22-7-9-23(10-8-22)28(25,26)15-14(18)16(19)27-17(15)20/h2-6H,7-11H2,1H3. The molecule has 0 N–H and O–H groups in total. The van der Waals surface area contributed by atoms with Crippen molar-refractivity contribution >= 4 is 72.1 Å². The second-order valence-corrected chi connectivity index (χ2v) is 11.2. The van der Waals surface area contributed by atoms with Crippen LogP contribution in [0, 0.1) is 0 Å². The maximum Gasteiger partial charge on any atom is 0.246 e. The molecule has 0 unspecified atom stereocenters. The van der Waals surface area contributed by atoms with E-state index in [2.05, 4.69) is 15.9 Å². The highest BCUT2D eigenvalue weighted by Crippen LogP contribution is 2.44. The number of amides is 1. The molecule has 1 aromatic heterocycles. The van der Waals surface area contributed by atoms with Crippen LogP contribution in [0.25, 0.3) is 0 Å². The smallest absolute Gasteiger partial charge is 0.246 e. The second-order valence-electron chi connectivity index (χ2n) is 6.26. The molecule has 3 rings (SSSR count). The lowest BCUT2D eigenvalue weighted by atomic mass is 10.3. The van der Waals surface area contributed by atoms with E-state index in [-0.39, 0.29) is 34.8 Å². The number of para-hydroxylation sites is 1. The number of thiophene rings is 1. The van der Waals surface area contributed by atoms with Gasteiger partial charge in [0.15, 0.2) is 0 Å². The Morgan fingerprint density at radius 1 is 1.14 bits per heavy atom. The van der Waals surface area contributed by atoms with Crippen molar-refractivity contribution in [2.75, 3.05) is 44.7 Å². The summed E-state index contributed by atoms with van der Waals surface area (Å²) in [4.78, 5) is 16.1. The third-order valence-corrected chi connectivity index (χ3v) is 9.90. The average Bonchev–Trinajstić information content (AvgIpc) is 2.94. The number of nitrogens with zero attached hydrogens (tertiary/aromatic N) is 3. The lowest BCUT2D eigenvalue weighted by Crippen LogP contribution is -2.51. The number of likely N-dealkylation sites (N-methyl/N-ethyl adjacent to an activating group) is 1. The fraction of sp³-hybridized carbons (Fsp3) is 0.353. The van der Waals surface area contributed by atoms with Crippen molar-refractivity contribution in [3.63, 3.8) is 0 Å². The van der Waals surface area contributed by atoms with Crippen molar-refractivity contribution in [1.82, 2.24) is 9.21 Å². The highest BCUT2D eigenvalue weighted by molar-refractivity contribution is 9.10. The van der Waals surface area contributed by atoms with Gasteiger partial charge in [0.05, 0.1) is 11.0 Å². The van der Waals surface area contributed by atoms with Gasteiger partial charge < -0.3 is 4.90 Å². The van der Waals surface area contributed by atoms with Crippen LogP contribution < -0.4 is 4.90 Å². The quantitative estimate of drug-likeness (QED) is 0.594. The van der Waals surface area contributed by atoms with Crippen LogP contribution in [0.3, 0.4) is 0 Å². The molecule has 11 heteroatoms. The van der Waals surface area contributed by atoms with E-state index in [1.165, 1.54) is 4.31 Å². The van der Waals surface area contributed by atoms with Crippen molar-refractivity contribution in [1.29, 1.82) is 0 Å². The molecule has 2 heterocycles. The summed E-state index contributed by atoms with van der Waals surface area (Å²) in [6.07, 6.45) is 0. The zero-order chi connectivity index (χ0) is 20.5. The van der Waals surface area contributed by atoms with E-state index in [1.807, 2.05) is 35.2 Å². The highest BCUT2D eigenvalue weighted by atomic mass is 79.9. The van der Waals surface area contributed by atoms with Gasteiger partial charge in [-0.2, -0.15) is 4.31 Å². The second kappa shape index (κ2) is 8.99. The summed E-state index contributed by atoms with van der Waals surface area (Å²) < 4.78 is 28.0. The van der Waals surface area contributed by atoms with Crippen LogP contribution in [0.5, 0.6) is 0 Å². The summed E-state index contributed by atoms with van der Waals surface area (Å²) in [5, 5.41) is 0. The summed E-state index contributed by atoms with van der Waals surface area (Å²) in [5.74, 6) is -0.0436. The predicted octanol–water partition coefficient (Wildman–Crippen LogP) is 3.79. The van der Waals surface area contributed by atoms with Gasteiger partial charge in [-0.25, -0.2) is 8.42 Å². The topological polar surface area (TPSA) is 60.9 Å². The van der Waals surface area contributed by atoms with Crippen molar-refractivity contribution in [3.05, 3.63) is 43.5 Å². The van der Waals surface area contributed by atoms with Gasteiger partial charge in [-0.3, -0.25) is 9.69 Å². The molecule has 1 aliphatic heterocycles. The molecule has 1 amide bonds. The summed E-state index contributed by atoms with van der Waals surface area (Å²) in [7, 11) is -2.02. The first-order chi connectivity index (χ1) is 13.2. The van der Waals surface area contributed by atoms with Crippen LogP contribution in [0.15, 0.2) is 39.7 Å². The van der Waals surface area contributed by atoms with Crippen molar-refractivity contribution in [3.8, 4) is 0 Å². The Kier molecular flexibility index (Phi) is 7.07. The molecular formula is C17H18BrCl2N3O3S2. The molecule has 0 radical (unpaired) electrons. The first-order valence-electron chi connectivity index (χ1n) is 8.39. The Labute approximate surface area is 186 Å². The summed E-state index contributed by atoms with van der Waals surface area (Å²) in [6.45, 7) is 1.71. The molecule has 0 atom stereocenters. The maximum atomic E-state index is 12.9. The third kappa shape index (κ3) is 4.56. The van der Waals surface area contributed by atoms with Gasteiger partial charge in [-0.15, -0.1) is 11.3 Å². The Morgan fingerprint density at radius 2 is 1.75 bits per heavy atom. The van der Waals surface area contributed by atoms with E-state index in [9.17, 15) is 13.2 Å². The summed E-state index contributed by atoms with van der Waals surface area (Å²) in [5.41, 5.74) is 0.822. The van der Waals surface area contributed by atoms with Gasteiger partial charge in [0.2, 0.25) is 15.9 Å². The molecule has 6 nitrogen and oxygen atoms in total. The van der Waals surface area contributed by atoms with Crippen LogP contribution >= 0.6 is 50.5 Å². The molecule has 1 aromatic carbocycles. The van der Waals surface area contributed by atoms with Crippen LogP contribution in [0.1, 0.15) is 0 Å². The van der Waals surface area contributed by atoms with E-state index >= 15 is 0 Å². The minimum atomic E-state index is -3.76. The summed E-state index contributed by atoms with van der Waals surface area (Å²) in [6, 6.07) is 9.39. The van der Waals surface area contributed by atoms with Gasteiger partial charge in [-0.05, 0) is 28.1 Å². The number of anilines is 1. The lowest BCUT2D eigenvalue weighted by Gasteiger charge is -2.34. The lowest BCUT2D eigenvalue weighted by molar-refractivity contribution is -0.119. The first kappa shape index (κ1) is 22.0. The van der Waals surface area contributed by atoms with Gasteiger partial charge in [0.1, 0.15) is 13.6 Å². The minimum Gasteiger partial charge on any atom is -0.314 e. The largest absolute Gasteiger partial charge is 0.314 e. The molecule has 28 heavy (non-hydrogen) atoms. The van der Waals surface area contributed by atoms with Crippen molar-refractivity contribution < 1.29 is 13.2 Å². The van der Waals surface area contributed by atoms with Crippen LogP contribution in [-0.4, -0.2) is 63.3 Å². The van der Waals surface area contributed by atoms with E-state index < -0.39 is 10.0 Å². The Hall–Kier alpha value is -0.680. The van der Waals surface area contributed by atoms with E-state index in [0.29, 0.717) is 21.9 Å². The Bertz CT molecular complexity index is 962. The number of rotatable bonds is 5. The zero-order valence-electron chi connectivity index (χ0n) is 14.9. The normalized spacial score (nSPS) is 16.3. The number of hydrogen-bond donors (Lipinski definition) is 0. The van der Waals surface area contributed by atoms with Crippen LogP contribution in [-0.2, 0) is 14.8 Å². The number of halogens is 3. The number of carbonyl (C=O) groups excluding carboxylic acids is 1. The molecule has 0 saturated carbocycles. The SMILES string of the molecule is CN(C(=O)CN1CCN(S(=O)(=O)c2c(Cl)sc(Cl)c2Br)CC1)c1ccccc1. The number of hydrogen-bond acceptors (Lipinski definition) is 5. The Morgan fingerprint density at radius 3 is 2.29 bits per heavy atom. The molecular weight excluding hydrogens is 509 g/mol. The van der Waals surface area contributed by atoms with Crippen molar-refractivity contribution in [2.45, 2.75) is 4.90 Å². The highest BCUT2D eigenvalue weighted by Gasteiger charge is 2.34. The fourth-order valence-electron chi connectivity index (χ4n) is 2.91. The zero-order valence-corrected chi connectivity index (χ0v) is 19.7. The molecule has 0 bridgehead atoms. The maximum absolute atomic E-state index is 12.9. The van der Waals surface area contributed by atoms with Gasteiger partial charge in [0, 0.05) is 38.9 Å². The number of benzene rings is 1. The number of carbonyl (C=O) groups is 1. The number of piperazine rings is 1. The molecule has 0 spiro atoms. The molecule has 2 aromatic rings. The minimum absolute atomic E-state index is 0.0116. The summed E-state index contributed by atoms with van der Waals surface area (Å²) >= 11 is 16.3. The number of sulfonamides is 1. The Balaban J connectivity index is 1.62. The third-order valence-electron chi connectivity index (χ3n) is 4.54. The van der Waals surface area contributed by atoms with Crippen molar-refractivity contribution in [2.24, 2.45) is 0 Å². The van der Waals surface area contributed by atoms with Gasteiger partial charge >= 0.3 is 0 Å². The van der Waals surface area contributed by atoms with Gasteiger partial charge in [0.25, 0.3) is 0 Å². The van der Waals surface area contributed by atoms with E-state index in [1.54, 1.807) is 11.9 Å². The van der Waals surface area contributed by atoms with E-state index in [4.69, 9.17) is 23.2 Å². The molecule has 1 saturated heterocycles. The predicted molar refractivity (Wildman–Crippen MR) is 117 cm³/mol. The van der Waals surface area contributed by atoms with Crippen LogP contribution in [0.4, 0.5) is 5.69 Å². The molecule has 1 fully saturated rings.